The van der Waals surface area contributed by atoms with Gasteiger partial charge in [0.1, 0.15) is 0 Å². The molecule has 2 saturated heterocycles. The molecule has 3 heterocycles. The highest BCUT2D eigenvalue weighted by atomic mass is 16.6. The average Bonchev–Trinajstić information content (AvgIpc) is 2.63. The van der Waals surface area contributed by atoms with Gasteiger partial charge in [-0.2, -0.15) is 10.1 Å². The zero-order valence-corrected chi connectivity index (χ0v) is 14.5. The number of piperidine rings is 1. The standard InChI is InChI=1S/C16H26N6O2/c1-3-24-16(23)22-10-8-21(9-11-22)15-18-14(12-17-19-15)20-6-4-13(2)5-7-20/h12-13H,3-11H2,1-2H3. The van der Waals surface area contributed by atoms with Crippen LogP contribution in [0, 0.1) is 5.92 Å². The van der Waals surface area contributed by atoms with E-state index in [2.05, 4.69) is 26.9 Å². The van der Waals surface area contributed by atoms with Crippen LogP contribution in [-0.4, -0.2) is 72.0 Å². The first kappa shape index (κ1) is 16.7. The minimum absolute atomic E-state index is 0.243. The molecule has 2 aliphatic heterocycles. The summed E-state index contributed by atoms with van der Waals surface area (Å²) in [6, 6.07) is 0. The molecule has 0 saturated carbocycles. The van der Waals surface area contributed by atoms with Crippen LogP contribution in [0.4, 0.5) is 16.6 Å². The molecule has 0 aromatic carbocycles. The van der Waals surface area contributed by atoms with Crippen LogP contribution in [0.5, 0.6) is 0 Å². The van der Waals surface area contributed by atoms with Gasteiger partial charge in [0.15, 0.2) is 5.82 Å². The maximum atomic E-state index is 11.8. The Morgan fingerprint density at radius 3 is 2.54 bits per heavy atom. The van der Waals surface area contributed by atoms with Gasteiger partial charge in [-0.3, -0.25) is 0 Å². The Bertz CT molecular complexity index is 553. The lowest BCUT2D eigenvalue weighted by atomic mass is 9.99. The number of nitrogens with zero attached hydrogens (tertiary/aromatic N) is 6. The molecule has 8 nitrogen and oxygen atoms in total. The third kappa shape index (κ3) is 3.85. The summed E-state index contributed by atoms with van der Waals surface area (Å²) in [5.41, 5.74) is 0. The predicted molar refractivity (Wildman–Crippen MR) is 91.2 cm³/mol. The van der Waals surface area contributed by atoms with Gasteiger partial charge >= 0.3 is 6.09 Å². The van der Waals surface area contributed by atoms with Crippen LogP contribution in [0.25, 0.3) is 0 Å². The number of carbonyl (C=O) groups excluding carboxylic acids is 1. The Labute approximate surface area is 142 Å². The summed E-state index contributed by atoms with van der Waals surface area (Å²) < 4.78 is 5.05. The Morgan fingerprint density at radius 1 is 1.17 bits per heavy atom. The summed E-state index contributed by atoms with van der Waals surface area (Å²) in [5.74, 6) is 2.33. The highest BCUT2D eigenvalue weighted by molar-refractivity contribution is 5.68. The molecule has 3 rings (SSSR count). The molecule has 0 atom stereocenters. The minimum Gasteiger partial charge on any atom is -0.450 e. The van der Waals surface area contributed by atoms with Crippen LogP contribution in [0.3, 0.4) is 0 Å². The van der Waals surface area contributed by atoms with E-state index in [9.17, 15) is 4.79 Å². The molecule has 132 valence electrons. The number of piperazine rings is 1. The summed E-state index contributed by atoms with van der Waals surface area (Å²) in [7, 11) is 0. The SMILES string of the molecule is CCOC(=O)N1CCN(c2nncc(N3CCC(C)CC3)n2)CC1. The third-order valence-electron chi connectivity index (χ3n) is 4.73. The Balaban J connectivity index is 1.60. The largest absolute Gasteiger partial charge is 0.450 e. The van der Waals surface area contributed by atoms with Crippen molar-refractivity contribution in [1.29, 1.82) is 0 Å². The first-order valence-corrected chi connectivity index (χ1v) is 8.78. The van der Waals surface area contributed by atoms with Crippen LogP contribution in [0.1, 0.15) is 26.7 Å². The van der Waals surface area contributed by atoms with Crippen molar-refractivity contribution in [2.24, 2.45) is 5.92 Å². The van der Waals surface area contributed by atoms with Gasteiger partial charge in [-0.25, -0.2) is 4.79 Å². The molecule has 0 N–H and O–H groups in total. The molecular weight excluding hydrogens is 308 g/mol. The number of anilines is 2. The van der Waals surface area contributed by atoms with Gasteiger partial charge in [-0.1, -0.05) is 6.92 Å². The number of amides is 1. The third-order valence-corrected chi connectivity index (χ3v) is 4.73. The van der Waals surface area contributed by atoms with E-state index in [1.807, 2.05) is 6.92 Å². The van der Waals surface area contributed by atoms with Crippen molar-refractivity contribution in [3.63, 3.8) is 0 Å². The normalized spacial score (nSPS) is 19.5. The molecule has 0 bridgehead atoms. The van der Waals surface area contributed by atoms with Crippen LogP contribution in [0.2, 0.25) is 0 Å². The zero-order chi connectivity index (χ0) is 16.9. The summed E-state index contributed by atoms with van der Waals surface area (Å²) in [6.07, 6.45) is 3.89. The maximum absolute atomic E-state index is 11.8. The van der Waals surface area contributed by atoms with Crippen molar-refractivity contribution in [3.8, 4) is 0 Å². The number of aromatic nitrogens is 3. The molecule has 0 spiro atoms. The molecular formula is C16H26N6O2. The Kier molecular flexibility index (Phi) is 5.32. The van der Waals surface area contributed by atoms with Crippen molar-refractivity contribution in [2.45, 2.75) is 26.7 Å². The molecule has 1 aromatic heterocycles. The summed E-state index contributed by atoms with van der Waals surface area (Å²) in [6.45, 7) is 9.20. The summed E-state index contributed by atoms with van der Waals surface area (Å²) in [5, 5.41) is 8.32. The number of ether oxygens (including phenoxy) is 1. The van der Waals surface area contributed by atoms with Crippen molar-refractivity contribution < 1.29 is 9.53 Å². The lowest BCUT2D eigenvalue weighted by Gasteiger charge is -2.34. The fourth-order valence-corrected chi connectivity index (χ4v) is 3.11. The van der Waals surface area contributed by atoms with E-state index in [4.69, 9.17) is 9.72 Å². The van der Waals surface area contributed by atoms with Crippen LogP contribution in [0.15, 0.2) is 6.20 Å². The van der Waals surface area contributed by atoms with E-state index in [0.717, 1.165) is 24.8 Å². The van der Waals surface area contributed by atoms with Gasteiger partial charge in [0, 0.05) is 39.3 Å². The minimum atomic E-state index is -0.243. The predicted octanol–water partition coefficient (Wildman–Crippen LogP) is 1.39. The zero-order valence-electron chi connectivity index (χ0n) is 14.5. The molecule has 0 unspecified atom stereocenters. The molecule has 0 radical (unpaired) electrons. The van der Waals surface area contributed by atoms with E-state index >= 15 is 0 Å². The van der Waals surface area contributed by atoms with Crippen LogP contribution < -0.4 is 9.80 Å². The fourth-order valence-electron chi connectivity index (χ4n) is 3.11. The maximum Gasteiger partial charge on any atom is 0.409 e. The Hall–Kier alpha value is -2.12. The number of hydrogen-bond acceptors (Lipinski definition) is 7. The van der Waals surface area contributed by atoms with E-state index in [0.29, 0.717) is 38.7 Å². The quantitative estimate of drug-likeness (QED) is 0.827. The lowest BCUT2D eigenvalue weighted by Crippen LogP contribution is -2.49. The highest BCUT2D eigenvalue weighted by Gasteiger charge is 2.24. The molecule has 1 amide bonds. The first-order valence-electron chi connectivity index (χ1n) is 8.78. The number of carbonyl (C=O) groups is 1. The Morgan fingerprint density at radius 2 is 1.88 bits per heavy atom. The van der Waals surface area contributed by atoms with E-state index in [-0.39, 0.29) is 6.09 Å². The van der Waals surface area contributed by atoms with Crippen molar-refractivity contribution >= 4 is 17.9 Å². The van der Waals surface area contributed by atoms with Crippen molar-refractivity contribution in [1.82, 2.24) is 20.1 Å². The van der Waals surface area contributed by atoms with E-state index in [1.165, 1.54) is 12.8 Å². The smallest absolute Gasteiger partial charge is 0.409 e. The highest BCUT2D eigenvalue weighted by Crippen LogP contribution is 2.22. The number of hydrogen-bond donors (Lipinski definition) is 0. The second kappa shape index (κ2) is 7.63. The molecule has 24 heavy (non-hydrogen) atoms. The molecule has 1 aromatic rings. The van der Waals surface area contributed by atoms with Gasteiger partial charge in [0.05, 0.1) is 12.8 Å². The monoisotopic (exact) mass is 334 g/mol. The van der Waals surface area contributed by atoms with Gasteiger partial charge in [0.25, 0.3) is 0 Å². The lowest BCUT2D eigenvalue weighted by molar-refractivity contribution is 0.105. The van der Waals surface area contributed by atoms with Crippen LogP contribution >= 0.6 is 0 Å². The van der Waals surface area contributed by atoms with Crippen molar-refractivity contribution in [3.05, 3.63) is 6.20 Å². The number of rotatable bonds is 3. The van der Waals surface area contributed by atoms with Gasteiger partial charge in [0.2, 0.25) is 5.95 Å². The van der Waals surface area contributed by atoms with Crippen LogP contribution in [-0.2, 0) is 4.74 Å². The van der Waals surface area contributed by atoms with Gasteiger partial charge in [-0.05, 0) is 25.7 Å². The van der Waals surface area contributed by atoms with E-state index < -0.39 is 0 Å². The van der Waals surface area contributed by atoms with Gasteiger partial charge in [-0.15, -0.1) is 5.10 Å². The summed E-state index contributed by atoms with van der Waals surface area (Å²) in [4.78, 5) is 22.6. The second-order valence-electron chi connectivity index (χ2n) is 6.46. The molecule has 8 heteroatoms. The topological polar surface area (TPSA) is 74.7 Å². The molecule has 2 aliphatic rings. The van der Waals surface area contributed by atoms with Crippen molar-refractivity contribution in [2.75, 3.05) is 55.7 Å². The second-order valence-corrected chi connectivity index (χ2v) is 6.46. The first-order chi connectivity index (χ1) is 11.7. The summed E-state index contributed by atoms with van der Waals surface area (Å²) >= 11 is 0. The van der Waals surface area contributed by atoms with E-state index in [1.54, 1.807) is 11.1 Å². The molecule has 2 fully saturated rings. The fraction of sp³-hybridized carbons (Fsp3) is 0.750. The molecule has 0 aliphatic carbocycles. The van der Waals surface area contributed by atoms with Gasteiger partial charge < -0.3 is 19.4 Å². The average molecular weight is 334 g/mol.